The molecule has 1 aromatic carbocycles. The van der Waals surface area contributed by atoms with E-state index in [1.165, 1.54) is 37.0 Å². The van der Waals surface area contributed by atoms with Crippen molar-refractivity contribution in [3.05, 3.63) is 73.9 Å². The summed E-state index contributed by atoms with van der Waals surface area (Å²) in [7, 11) is 3.79. The third kappa shape index (κ3) is 3.52. The van der Waals surface area contributed by atoms with Crippen molar-refractivity contribution in [1.29, 1.82) is 0 Å². The van der Waals surface area contributed by atoms with E-state index < -0.39 is 0 Å². The first-order valence-corrected chi connectivity index (χ1v) is 11.1. The Balaban J connectivity index is 2.09. The fourth-order valence-corrected chi connectivity index (χ4v) is 6.60. The lowest BCUT2D eigenvalue weighted by atomic mass is 9.87. The Bertz CT molecular complexity index is 738. The van der Waals surface area contributed by atoms with E-state index in [1.807, 2.05) is 33.3 Å². The fourth-order valence-electron chi connectivity index (χ4n) is 2.60. The summed E-state index contributed by atoms with van der Waals surface area (Å²) in [4.78, 5) is 1.40. The Morgan fingerprint density at radius 2 is 1.65 bits per heavy atom. The van der Waals surface area contributed by atoms with E-state index in [4.69, 9.17) is 0 Å². The van der Waals surface area contributed by atoms with Gasteiger partial charge in [-0.05, 0) is 46.1 Å². The van der Waals surface area contributed by atoms with Crippen LogP contribution in [0.5, 0.6) is 0 Å². The highest BCUT2D eigenvalue weighted by Crippen LogP contribution is 2.58. The van der Waals surface area contributed by atoms with Crippen LogP contribution in [0.25, 0.3) is 5.57 Å². The standard InChI is InChI=1S/C20H22S3/c1-13-6-8-14(9-7-13)17-18(22-23-19(17)21-5)15-10-11-16(12-15)20(2,3)4/h6-12H,1-5H3/b18-15-. The summed E-state index contributed by atoms with van der Waals surface area (Å²) in [5, 5.41) is 0. The molecular weight excluding hydrogens is 336 g/mol. The number of rotatable bonds is 2. The summed E-state index contributed by atoms with van der Waals surface area (Å²) in [6.07, 6.45) is 9.09. The number of aryl methyl sites for hydroxylation is 1. The highest BCUT2D eigenvalue weighted by molar-refractivity contribution is 8.82. The molecule has 0 N–H and O–H groups in total. The number of hydrogen-bond donors (Lipinski definition) is 0. The lowest BCUT2D eigenvalue weighted by Crippen LogP contribution is -2.05. The first-order valence-electron chi connectivity index (χ1n) is 7.75. The molecule has 0 spiro atoms. The Hall–Kier alpha value is -0.770. The Morgan fingerprint density at radius 3 is 2.22 bits per heavy atom. The average molecular weight is 359 g/mol. The van der Waals surface area contributed by atoms with Crippen molar-refractivity contribution in [3.8, 4) is 0 Å². The first kappa shape index (κ1) is 17.1. The summed E-state index contributed by atoms with van der Waals surface area (Å²) in [5.41, 5.74) is 7.00. The summed E-state index contributed by atoms with van der Waals surface area (Å²) in [6, 6.07) is 8.91. The molecular formula is C20H22S3. The van der Waals surface area contributed by atoms with Crippen LogP contribution in [0.4, 0.5) is 0 Å². The van der Waals surface area contributed by atoms with Crippen molar-refractivity contribution in [2.45, 2.75) is 27.7 Å². The van der Waals surface area contributed by atoms with E-state index in [0.717, 1.165) is 0 Å². The van der Waals surface area contributed by atoms with E-state index in [1.54, 1.807) is 0 Å². The second-order valence-corrected chi connectivity index (χ2v) is 10.1. The molecule has 2 aliphatic rings. The van der Waals surface area contributed by atoms with Gasteiger partial charge in [0.1, 0.15) is 0 Å². The van der Waals surface area contributed by atoms with Gasteiger partial charge in [-0.2, -0.15) is 0 Å². The maximum Gasteiger partial charge on any atom is 0.0601 e. The smallest absolute Gasteiger partial charge is 0.0601 e. The highest BCUT2D eigenvalue weighted by Gasteiger charge is 2.27. The van der Waals surface area contributed by atoms with E-state index in [-0.39, 0.29) is 5.41 Å². The van der Waals surface area contributed by atoms with E-state index >= 15 is 0 Å². The molecule has 0 fully saturated rings. The molecule has 0 unspecified atom stereocenters. The average Bonchev–Trinajstić information content (AvgIpc) is 3.13. The van der Waals surface area contributed by atoms with Crippen LogP contribution >= 0.6 is 33.3 Å². The SMILES string of the molecule is CSC1=C(c2ccc(C)cc2)/C(=C2\C=CC(C(C)(C)C)=C2)SS1. The number of allylic oxidation sites excluding steroid dienone is 6. The van der Waals surface area contributed by atoms with Crippen LogP contribution in [0.1, 0.15) is 31.9 Å². The zero-order valence-corrected chi connectivity index (χ0v) is 16.7. The van der Waals surface area contributed by atoms with Crippen molar-refractivity contribution in [2.24, 2.45) is 5.41 Å². The molecule has 0 bridgehead atoms. The van der Waals surface area contributed by atoms with Crippen LogP contribution in [0.3, 0.4) is 0 Å². The molecule has 0 radical (unpaired) electrons. The molecule has 0 atom stereocenters. The highest BCUT2D eigenvalue weighted by atomic mass is 33.1. The monoisotopic (exact) mass is 358 g/mol. The van der Waals surface area contributed by atoms with E-state index in [0.29, 0.717) is 0 Å². The van der Waals surface area contributed by atoms with Crippen LogP contribution in [0, 0.1) is 12.3 Å². The third-order valence-electron chi connectivity index (χ3n) is 4.04. The maximum atomic E-state index is 2.36. The molecule has 3 rings (SSSR count). The third-order valence-corrected chi connectivity index (χ3v) is 7.98. The van der Waals surface area contributed by atoms with Crippen LogP contribution in [0.15, 0.2) is 62.8 Å². The molecule has 1 aliphatic heterocycles. The predicted molar refractivity (Wildman–Crippen MR) is 111 cm³/mol. The van der Waals surface area contributed by atoms with E-state index in [9.17, 15) is 0 Å². The van der Waals surface area contributed by atoms with Gasteiger partial charge in [-0.25, -0.2) is 0 Å². The lowest BCUT2D eigenvalue weighted by Gasteiger charge is -2.18. The molecule has 3 heteroatoms. The quantitative estimate of drug-likeness (QED) is 0.512. The van der Waals surface area contributed by atoms with Gasteiger partial charge in [-0.15, -0.1) is 11.8 Å². The number of benzene rings is 1. The van der Waals surface area contributed by atoms with E-state index in [2.05, 4.69) is 76.4 Å². The van der Waals surface area contributed by atoms with Crippen LogP contribution < -0.4 is 0 Å². The Labute approximate surface area is 152 Å². The molecule has 0 amide bonds. The van der Waals surface area contributed by atoms with Gasteiger partial charge < -0.3 is 0 Å². The lowest BCUT2D eigenvalue weighted by molar-refractivity contribution is 0.518. The maximum absolute atomic E-state index is 2.36. The van der Waals surface area contributed by atoms with Crippen LogP contribution in [0.2, 0.25) is 0 Å². The molecule has 120 valence electrons. The van der Waals surface area contributed by atoms with Gasteiger partial charge in [-0.3, -0.25) is 0 Å². The van der Waals surface area contributed by atoms with Crippen molar-refractivity contribution < 1.29 is 0 Å². The minimum atomic E-state index is 0.200. The Kier molecular flexibility index (Phi) is 4.91. The molecule has 0 saturated heterocycles. The molecule has 1 aromatic rings. The summed E-state index contributed by atoms with van der Waals surface area (Å²) in [5.74, 6) is 0. The zero-order chi connectivity index (χ0) is 16.6. The molecule has 1 heterocycles. The van der Waals surface area contributed by atoms with Crippen molar-refractivity contribution in [1.82, 2.24) is 0 Å². The Morgan fingerprint density at radius 1 is 0.957 bits per heavy atom. The summed E-state index contributed by atoms with van der Waals surface area (Å²) >= 11 is 1.85. The molecule has 23 heavy (non-hydrogen) atoms. The van der Waals surface area contributed by atoms with Gasteiger partial charge in [-0.1, -0.05) is 79.6 Å². The number of thioether (sulfide) groups is 1. The molecule has 0 nitrogen and oxygen atoms in total. The second kappa shape index (κ2) is 6.62. The van der Waals surface area contributed by atoms with Gasteiger partial charge in [0.2, 0.25) is 0 Å². The van der Waals surface area contributed by atoms with Crippen molar-refractivity contribution in [3.63, 3.8) is 0 Å². The minimum Gasteiger partial charge on any atom is -0.121 e. The normalized spacial score (nSPS) is 21.3. The largest absolute Gasteiger partial charge is 0.121 e. The predicted octanol–water partition coefficient (Wildman–Crippen LogP) is 7.22. The fraction of sp³-hybridized carbons (Fsp3) is 0.300. The molecule has 0 aromatic heterocycles. The van der Waals surface area contributed by atoms with Gasteiger partial charge in [0.15, 0.2) is 0 Å². The van der Waals surface area contributed by atoms with Gasteiger partial charge in [0, 0.05) is 10.5 Å². The van der Waals surface area contributed by atoms with Gasteiger partial charge in [0.25, 0.3) is 0 Å². The van der Waals surface area contributed by atoms with Crippen LogP contribution in [-0.4, -0.2) is 6.26 Å². The summed E-state index contributed by atoms with van der Waals surface area (Å²) in [6.45, 7) is 8.97. The minimum absolute atomic E-state index is 0.200. The number of hydrogen-bond acceptors (Lipinski definition) is 3. The zero-order valence-electron chi connectivity index (χ0n) is 14.3. The first-order chi connectivity index (χ1) is 10.9. The summed E-state index contributed by atoms with van der Waals surface area (Å²) < 4.78 is 1.41. The van der Waals surface area contributed by atoms with Gasteiger partial charge >= 0.3 is 0 Å². The van der Waals surface area contributed by atoms with Crippen molar-refractivity contribution in [2.75, 3.05) is 6.26 Å². The topological polar surface area (TPSA) is 0 Å². The second-order valence-electron chi connectivity index (χ2n) is 6.87. The molecule has 0 saturated carbocycles. The van der Waals surface area contributed by atoms with Crippen LogP contribution in [-0.2, 0) is 0 Å². The van der Waals surface area contributed by atoms with Crippen molar-refractivity contribution >= 4 is 38.9 Å². The molecule has 1 aliphatic carbocycles. The van der Waals surface area contributed by atoms with Gasteiger partial charge in [0.05, 0.1) is 4.24 Å².